The summed E-state index contributed by atoms with van der Waals surface area (Å²) in [5.41, 5.74) is 4.38. The number of urea groups is 1. The van der Waals surface area contributed by atoms with Crippen molar-refractivity contribution in [1.82, 2.24) is 15.3 Å². The van der Waals surface area contributed by atoms with Crippen LogP contribution in [0.5, 0.6) is 0 Å². The summed E-state index contributed by atoms with van der Waals surface area (Å²) in [6.07, 6.45) is 0. The molecular weight excluding hydrogens is 318 g/mol. The number of imidazole rings is 1. The molecule has 0 spiro atoms. The van der Waals surface area contributed by atoms with Gasteiger partial charge in [0.2, 0.25) is 11.9 Å². The first-order chi connectivity index (χ1) is 12.0. The molecule has 0 unspecified atom stereocenters. The molecule has 0 saturated heterocycles. The molecule has 25 heavy (non-hydrogen) atoms. The molecule has 1 aromatic heterocycles. The van der Waals surface area contributed by atoms with Crippen LogP contribution in [0.3, 0.4) is 0 Å². The zero-order valence-electron chi connectivity index (χ0n) is 14.0. The molecule has 0 atom stereocenters. The topological polar surface area (TPSA) is 98.9 Å². The zero-order chi connectivity index (χ0) is 17.8. The molecule has 0 aliphatic carbocycles. The highest BCUT2D eigenvalue weighted by Crippen LogP contribution is 2.25. The summed E-state index contributed by atoms with van der Waals surface area (Å²) in [4.78, 5) is 30.1. The monoisotopic (exact) mass is 337 g/mol. The van der Waals surface area contributed by atoms with Crippen LogP contribution in [0.15, 0.2) is 42.5 Å². The number of fused-ring (bicyclic) bond motifs is 1. The standard InChI is InChI=1S/C18H19N5O2/c1-3-19-18(25)23-17-21-15-9-6-13(10-16(15)22-17)12-4-7-14(8-5-12)20-11(2)24/h4-10H,3H2,1-2H3,(H,20,24)(H3,19,21,22,23,25). The van der Waals surface area contributed by atoms with Crippen molar-refractivity contribution < 1.29 is 9.59 Å². The molecule has 4 N–H and O–H groups in total. The summed E-state index contributed by atoms with van der Waals surface area (Å²) in [7, 11) is 0. The van der Waals surface area contributed by atoms with E-state index in [-0.39, 0.29) is 11.9 Å². The number of hydrogen-bond acceptors (Lipinski definition) is 3. The molecule has 3 rings (SSSR count). The van der Waals surface area contributed by atoms with Gasteiger partial charge in [0.25, 0.3) is 0 Å². The number of carbonyl (C=O) groups excluding carboxylic acids is 2. The summed E-state index contributed by atoms with van der Waals surface area (Å²) in [5.74, 6) is 0.304. The lowest BCUT2D eigenvalue weighted by atomic mass is 10.0. The van der Waals surface area contributed by atoms with Crippen molar-refractivity contribution in [2.75, 3.05) is 17.2 Å². The second kappa shape index (κ2) is 7.04. The molecule has 7 heteroatoms. The molecule has 1 heterocycles. The maximum Gasteiger partial charge on any atom is 0.321 e. The summed E-state index contributed by atoms with van der Waals surface area (Å²) in [6, 6.07) is 13.1. The van der Waals surface area contributed by atoms with E-state index in [2.05, 4.69) is 25.9 Å². The third-order valence-electron chi connectivity index (χ3n) is 3.59. The molecule has 128 valence electrons. The first-order valence-electron chi connectivity index (χ1n) is 7.98. The fourth-order valence-corrected chi connectivity index (χ4v) is 2.51. The first-order valence-corrected chi connectivity index (χ1v) is 7.98. The zero-order valence-corrected chi connectivity index (χ0v) is 14.0. The Morgan fingerprint density at radius 3 is 2.44 bits per heavy atom. The van der Waals surface area contributed by atoms with E-state index in [4.69, 9.17) is 0 Å². The molecule has 0 fully saturated rings. The van der Waals surface area contributed by atoms with E-state index >= 15 is 0 Å². The maximum atomic E-state index is 11.6. The lowest BCUT2D eigenvalue weighted by Crippen LogP contribution is -2.28. The van der Waals surface area contributed by atoms with Gasteiger partial charge in [0.05, 0.1) is 11.0 Å². The Morgan fingerprint density at radius 2 is 1.76 bits per heavy atom. The fraction of sp³-hybridized carbons (Fsp3) is 0.167. The van der Waals surface area contributed by atoms with Gasteiger partial charge in [0.15, 0.2) is 0 Å². The van der Waals surface area contributed by atoms with E-state index in [1.54, 1.807) is 0 Å². The van der Waals surface area contributed by atoms with E-state index in [0.29, 0.717) is 12.5 Å². The van der Waals surface area contributed by atoms with Gasteiger partial charge in [-0.15, -0.1) is 0 Å². The van der Waals surface area contributed by atoms with Gasteiger partial charge in [-0.3, -0.25) is 10.1 Å². The minimum atomic E-state index is -0.296. The first kappa shape index (κ1) is 16.5. The van der Waals surface area contributed by atoms with Crippen molar-refractivity contribution in [3.05, 3.63) is 42.5 Å². The number of aromatic nitrogens is 2. The van der Waals surface area contributed by atoms with Crippen molar-refractivity contribution in [2.45, 2.75) is 13.8 Å². The van der Waals surface area contributed by atoms with Crippen LogP contribution in [0.1, 0.15) is 13.8 Å². The molecule has 3 amide bonds. The Kier molecular flexibility index (Phi) is 4.65. The van der Waals surface area contributed by atoms with E-state index in [9.17, 15) is 9.59 Å². The van der Waals surface area contributed by atoms with E-state index in [1.165, 1.54) is 6.92 Å². The SMILES string of the molecule is CCNC(=O)Nc1nc2ccc(-c3ccc(NC(C)=O)cc3)cc2[nH]1. The van der Waals surface area contributed by atoms with Crippen molar-refractivity contribution in [3.63, 3.8) is 0 Å². The van der Waals surface area contributed by atoms with Gasteiger partial charge in [-0.05, 0) is 42.3 Å². The normalized spacial score (nSPS) is 10.5. The third kappa shape index (κ3) is 3.95. The van der Waals surface area contributed by atoms with Crippen LogP contribution in [0.25, 0.3) is 22.2 Å². The molecule has 2 aromatic carbocycles. The number of nitrogens with zero attached hydrogens (tertiary/aromatic N) is 1. The van der Waals surface area contributed by atoms with Crippen molar-refractivity contribution >= 4 is 34.6 Å². The van der Waals surface area contributed by atoms with Gasteiger partial charge in [-0.1, -0.05) is 18.2 Å². The number of H-pyrrole nitrogens is 1. The quantitative estimate of drug-likeness (QED) is 0.587. The Hall–Kier alpha value is -3.35. The van der Waals surface area contributed by atoms with E-state index in [0.717, 1.165) is 27.8 Å². The van der Waals surface area contributed by atoms with Crippen molar-refractivity contribution in [1.29, 1.82) is 0 Å². The van der Waals surface area contributed by atoms with Gasteiger partial charge in [0, 0.05) is 19.2 Å². The number of carbonyl (C=O) groups is 2. The Morgan fingerprint density at radius 1 is 1.04 bits per heavy atom. The highest BCUT2D eigenvalue weighted by Gasteiger charge is 2.07. The number of aromatic amines is 1. The number of nitrogens with one attached hydrogen (secondary N) is 4. The maximum absolute atomic E-state index is 11.6. The predicted octanol–water partition coefficient (Wildman–Crippen LogP) is 3.33. The molecule has 0 aliphatic rings. The molecule has 0 radical (unpaired) electrons. The number of amides is 3. The average molecular weight is 337 g/mol. The predicted molar refractivity (Wildman–Crippen MR) is 98.5 cm³/mol. The van der Waals surface area contributed by atoms with Crippen molar-refractivity contribution in [2.24, 2.45) is 0 Å². The average Bonchev–Trinajstić information content (AvgIpc) is 2.96. The molecule has 3 aromatic rings. The van der Waals surface area contributed by atoms with Crippen LogP contribution < -0.4 is 16.0 Å². The van der Waals surface area contributed by atoms with Gasteiger partial charge >= 0.3 is 6.03 Å². The Balaban J connectivity index is 1.83. The molecule has 7 nitrogen and oxygen atoms in total. The van der Waals surface area contributed by atoms with Crippen molar-refractivity contribution in [3.8, 4) is 11.1 Å². The van der Waals surface area contributed by atoms with E-state index < -0.39 is 0 Å². The molecule has 0 saturated carbocycles. The van der Waals surface area contributed by atoms with Crippen LogP contribution in [0, 0.1) is 0 Å². The summed E-state index contributed by atoms with van der Waals surface area (Å²) in [6.45, 7) is 3.87. The van der Waals surface area contributed by atoms with Gasteiger partial charge in [-0.2, -0.15) is 0 Å². The number of benzene rings is 2. The lowest BCUT2D eigenvalue weighted by molar-refractivity contribution is -0.114. The second-order valence-electron chi connectivity index (χ2n) is 5.56. The highest BCUT2D eigenvalue weighted by molar-refractivity contribution is 5.91. The number of hydrogen-bond donors (Lipinski definition) is 4. The fourth-order valence-electron chi connectivity index (χ4n) is 2.51. The van der Waals surface area contributed by atoms with Crippen LogP contribution in [-0.4, -0.2) is 28.5 Å². The van der Waals surface area contributed by atoms with Gasteiger partial charge in [0.1, 0.15) is 0 Å². The van der Waals surface area contributed by atoms with E-state index in [1.807, 2.05) is 49.4 Å². The molecule has 0 bridgehead atoms. The largest absolute Gasteiger partial charge is 0.338 e. The van der Waals surface area contributed by atoms with Crippen LogP contribution in [0.4, 0.5) is 16.4 Å². The highest BCUT2D eigenvalue weighted by atomic mass is 16.2. The van der Waals surface area contributed by atoms with Gasteiger partial charge < -0.3 is 15.6 Å². The third-order valence-corrected chi connectivity index (χ3v) is 3.59. The lowest BCUT2D eigenvalue weighted by Gasteiger charge is -2.05. The van der Waals surface area contributed by atoms with Crippen LogP contribution in [-0.2, 0) is 4.79 Å². The smallest absolute Gasteiger partial charge is 0.321 e. The Bertz CT molecular complexity index is 915. The number of anilines is 2. The molecule has 0 aliphatic heterocycles. The van der Waals surface area contributed by atoms with Gasteiger partial charge in [-0.25, -0.2) is 9.78 Å². The van der Waals surface area contributed by atoms with Crippen LogP contribution >= 0.6 is 0 Å². The second-order valence-corrected chi connectivity index (χ2v) is 5.56. The minimum absolute atomic E-state index is 0.0984. The number of rotatable bonds is 4. The summed E-state index contributed by atoms with van der Waals surface area (Å²) < 4.78 is 0. The summed E-state index contributed by atoms with van der Waals surface area (Å²) in [5, 5.41) is 8.06. The Labute approximate surface area is 144 Å². The molecular formula is C18H19N5O2. The minimum Gasteiger partial charge on any atom is -0.338 e. The summed E-state index contributed by atoms with van der Waals surface area (Å²) >= 11 is 0. The van der Waals surface area contributed by atoms with Crippen LogP contribution in [0.2, 0.25) is 0 Å².